The molecule has 2 aromatic rings. The van der Waals surface area contributed by atoms with Crippen LogP contribution in [0.3, 0.4) is 0 Å². The second-order valence-corrected chi connectivity index (χ2v) is 5.92. The first kappa shape index (κ1) is 16.9. The third kappa shape index (κ3) is 2.89. The molecule has 118 valence electrons. The van der Waals surface area contributed by atoms with Gasteiger partial charge in [-0.15, -0.1) is 11.3 Å². The number of halogens is 1. The number of carbonyl (C=O) groups is 1. The lowest BCUT2D eigenvalue weighted by Gasteiger charge is -2.01. The van der Waals surface area contributed by atoms with Crippen molar-refractivity contribution in [3.63, 3.8) is 0 Å². The number of benzene rings is 1. The number of thiazole rings is 1. The zero-order valence-electron chi connectivity index (χ0n) is 11.7. The van der Waals surface area contributed by atoms with Gasteiger partial charge in [-0.3, -0.25) is 9.36 Å². The van der Waals surface area contributed by atoms with E-state index in [1.165, 1.54) is 16.7 Å². The molecule has 1 aromatic heterocycles. The van der Waals surface area contributed by atoms with E-state index in [1.807, 2.05) is 6.92 Å². The van der Waals surface area contributed by atoms with E-state index in [1.54, 1.807) is 6.07 Å². The summed E-state index contributed by atoms with van der Waals surface area (Å²) in [7, 11) is 0. The van der Waals surface area contributed by atoms with Crippen LogP contribution < -0.4 is 10.6 Å². The molecule has 0 atom stereocenters. The Morgan fingerprint density at radius 1 is 1.43 bits per heavy atom. The number of aromatic nitrogens is 1. The Hall–Kier alpha value is -2.48. The molecule has 2 heterocycles. The molecule has 1 N–H and O–H groups in total. The zero-order valence-corrected chi connectivity index (χ0v) is 13.3. The number of hydrogen-bond donors (Lipinski definition) is 1. The van der Waals surface area contributed by atoms with Gasteiger partial charge >= 0.3 is 6.15 Å². The summed E-state index contributed by atoms with van der Waals surface area (Å²) in [6.45, 7) is 2.33. The van der Waals surface area contributed by atoms with Crippen molar-refractivity contribution in [1.29, 1.82) is 0 Å². The summed E-state index contributed by atoms with van der Waals surface area (Å²) in [5.74, 6) is -1.18. The average molecular weight is 352 g/mol. The van der Waals surface area contributed by atoms with Crippen molar-refractivity contribution < 1.29 is 23.9 Å². The van der Waals surface area contributed by atoms with Gasteiger partial charge in [0.25, 0.3) is 5.91 Å². The lowest BCUT2D eigenvalue weighted by molar-refractivity contribution is -0.191. The highest BCUT2D eigenvalue weighted by Crippen LogP contribution is 2.32. The first-order chi connectivity index (χ1) is 11.0. The first-order valence-electron chi connectivity index (χ1n) is 6.30. The molecule has 6 nitrogen and oxygen atoms in total. The molecule has 0 bridgehead atoms. The van der Waals surface area contributed by atoms with Gasteiger partial charge in [0.05, 0.1) is 5.57 Å². The minimum Gasteiger partial charge on any atom is -0.493 e. The van der Waals surface area contributed by atoms with E-state index in [4.69, 9.17) is 21.8 Å². The van der Waals surface area contributed by atoms with E-state index in [9.17, 15) is 14.3 Å². The third-order valence-electron chi connectivity index (χ3n) is 3.10. The Balaban J connectivity index is 0.000000595. The van der Waals surface area contributed by atoms with Crippen LogP contribution in [0.1, 0.15) is 11.8 Å². The fraction of sp³-hybridized carbons (Fsp3) is 0.143. The van der Waals surface area contributed by atoms with Gasteiger partial charge in [-0.05, 0) is 25.2 Å². The SMILES string of the molecule is CCn1c(O)c(C2=c3cccc(F)c3=NC2=O)sc1=S.O=C=O. The Bertz CT molecular complexity index is 1000. The summed E-state index contributed by atoms with van der Waals surface area (Å²) in [4.78, 5) is 32.3. The van der Waals surface area contributed by atoms with Crippen molar-refractivity contribution in [3.05, 3.63) is 43.4 Å². The van der Waals surface area contributed by atoms with Crippen molar-refractivity contribution in [3.8, 4) is 5.88 Å². The maximum Gasteiger partial charge on any atom is 0.373 e. The van der Waals surface area contributed by atoms with Crippen LogP contribution in [0.4, 0.5) is 4.39 Å². The van der Waals surface area contributed by atoms with E-state index in [2.05, 4.69) is 4.99 Å². The maximum atomic E-state index is 13.7. The molecule has 0 radical (unpaired) electrons. The molecule has 0 unspecified atom stereocenters. The number of aromatic hydroxyl groups is 1. The van der Waals surface area contributed by atoms with Crippen molar-refractivity contribution in [1.82, 2.24) is 4.57 Å². The van der Waals surface area contributed by atoms with Crippen LogP contribution in [-0.2, 0) is 20.9 Å². The van der Waals surface area contributed by atoms with Crippen molar-refractivity contribution in [2.45, 2.75) is 13.5 Å². The second kappa shape index (κ2) is 6.74. The number of para-hydroxylation sites is 1. The van der Waals surface area contributed by atoms with Gasteiger partial charge in [-0.1, -0.05) is 12.1 Å². The van der Waals surface area contributed by atoms with E-state index in [-0.39, 0.29) is 23.0 Å². The van der Waals surface area contributed by atoms with E-state index < -0.39 is 11.7 Å². The molecule has 0 saturated carbocycles. The molecule has 0 fully saturated rings. The fourth-order valence-electron chi connectivity index (χ4n) is 2.16. The predicted molar refractivity (Wildman–Crippen MR) is 80.2 cm³/mol. The van der Waals surface area contributed by atoms with E-state index in [0.29, 0.717) is 20.6 Å². The standard InChI is InChI=1S/C13H9FN2O2S2.CO2/c1-2-16-12(18)10(20-13(16)19)8-6-4-3-5-7(14)9(6)15-11(8)17;2-1-3/h3-5,18H,2H2,1H3;. The number of carbonyl (C=O) groups excluding carboxylic acids is 3. The molecule has 3 rings (SSSR count). The van der Waals surface area contributed by atoms with Gasteiger partial charge in [0.2, 0.25) is 5.88 Å². The zero-order chi connectivity index (χ0) is 17.1. The molecule has 0 saturated heterocycles. The average Bonchev–Trinajstić information content (AvgIpc) is 2.97. The lowest BCUT2D eigenvalue weighted by atomic mass is 10.1. The Morgan fingerprint density at radius 3 is 2.65 bits per heavy atom. The van der Waals surface area contributed by atoms with Crippen LogP contribution in [-0.4, -0.2) is 21.7 Å². The van der Waals surface area contributed by atoms with Crippen molar-refractivity contribution >= 4 is 41.2 Å². The van der Waals surface area contributed by atoms with Crippen LogP contribution in [0.2, 0.25) is 0 Å². The first-order valence-corrected chi connectivity index (χ1v) is 7.52. The minimum atomic E-state index is -0.556. The maximum absolute atomic E-state index is 13.7. The molecule has 23 heavy (non-hydrogen) atoms. The molecule has 1 aromatic carbocycles. The van der Waals surface area contributed by atoms with Gasteiger partial charge in [0, 0.05) is 11.8 Å². The van der Waals surface area contributed by atoms with Crippen LogP contribution >= 0.6 is 23.6 Å². The highest BCUT2D eigenvalue weighted by atomic mass is 32.1. The molecule has 9 heteroatoms. The number of rotatable bonds is 2. The van der Waals surface area contributed by atoms with E-state index >= 15 is 0 Å². The normalized spacial score (nSPS) is 12.1. The van der Waals surface area contributed by atoms with Gasteiger partial charge < -0.3 is 5.11 Å². The Kier molecular flexibility index (Phi) is 4.95. The van der Waals surface area contributed by atoms with Crippen LogP contribution in [0, 0.1) is 9.77 Å². The lowest BCUT2D eigenvalue weighted by Crippen LogP contribution is -2.26. The fourth-order valence-corrected chi connectivity index (χ4v) is 3.63. The summed E-state index contributed by atoms with van der Waals surface area (Å²) >= 11 is 6.27. The van der Waals surface area contributed by atoms with Crippen molar-refractivity contribution in [2.24, 2.45) is 4.99 Å². The highest BCUT2D eigenvalue weighted by Gasteiger charge is 2.25. The van der Waals surface area contributed by atoms with Gasteiger partial charge in [0.15, 0.2) is 3.95 Å². The summed E-state index contributed by atoms with van der Waals surface area (Å²) in [5, 5.41) is 10.6. The molecule has 1 amide bonds. The van der Waals surface area contributed by atoms with Gasteiger partial charge in [0.1, 0.15) is 16.1 Å². The van der Waals surface area contributed by atoms with Gasteiger partial charge in [-0.2, -0.15) is 9.59 Å². The van der Waals surface area contributed by atoms with Crippen LogP contribution in [0.15, 0.2) is 23.2 Å². The highest BCUT2D eigenvalue weighted by molar-refractivity contribution is 7.73. The summed E-state index contributed by atoms with van der Waals surface area (Å²) in [5.41, 5.74) is 0.209. The number of nitrogens with zero attached hydrogens (tertiary/aromatic N) is 2. The monoisotopic (exact) mass is 352 g/mol. The van der Waals surface area contributed by atoms with Crippen LogP contribution in [0.5, 0.6) is 5.88 Å². The third-order valence-corrected chi connectivity index (χ3v) is 4.55. The summed E-state index contributed by atoms with van der Waals surface area (Å²) < 4.78 is 15.6. The Morgan fingerprint density at radius 2 is 2.09 bits per heavy atom. The second-order valence-electron chi connectivity index (χ2n) is 4.28. The number of amides is 1. The minimum absolute atomic E-state index is 0.0225. The molecular weight excluding hydrogens is 343 g/mol. The Labute approximate surface area is 137 Å². The molecule has 1 aliphatic heterocycles. The number of fused-ring (bicyclic) bond motifs is 1. The molecule has 0 spiro atoms. The van der Waals surface area contributed by atoms with Crippen molar-refractivity contribution in [2.75, 3.05) is 0 Å². The molecule has 1 aliphatic rings. The summed E-state index contributed by atoms with van der Waals surface area (Å²) in [6.07, 6.45) is 0.250. The predicted octanol–water partition coefficient (Wildman–Crippen LogP) is 0.919. The smallest absolute Gasteiger partial charge is 0.373 e. The number of hydrogen-bond acceptors (Lipinski definition) is 6. The largest absolute Gasteiger partial charge is 0.493 e. The molecular formula is C14H9FN2O4S2. The molecule has 0 aliphatic carbocycles. The quantitative estimate of drug-likeness (QED) is 0.812. The topological polar surface area (TPSA) is 88.7 Å². The van der Waals surface area contributed by atoms with Gasteiger partial charge in [-0.25, -0.2) is 9.38 Å². The summed E-state index contributed by atoms with van der Waals surface area (Å²) in [6, 6.07) is 4.37. The van der Waals surface area contributed by atoms with Crippen LogP contribution in [0.25, 0.3) is 5.57 Å². The van der Waals surface area contributed by atoms with E-state index in [0.717, 1.165) is 11.3 Å².